The summed E-state index contributed by atoms with van der Waals surface area (Å²) in [4.78, 5) is 15.9. The number of hydrogen-bond acceptors (Lipinski definition) is 2. The number of amides is 1. The molecule has 1 saturated carbocycles. The van der Waals surface area contributed by atoms with E-state index in [1.807, 2.05) is 0 Å². The van der Waals surface area contributed by atoms with Crippen LogP contribution in [0.3, 0.4) is 0 Å². The second-order valence-corrected chi connectivity index (χ2v) is 5.07. The zero-order valence-corrected chi connectivity index (χ0v) is 10.9. The van der Waals surface area contributed by atoms with Crippen LogP contribution in [0.15, 0.2) is 12.1 Å². The lowest BCUT2D eigenvalue weighted by Gasteiger charge is -2.22. The lowest BCUT2D eigenvalue weighted by atomic mass is 9.95. The number of halogens is 2. The highest BCUT2D eigenvalue weighted by Gasteiger charge is 2.19. The van der Waals surface area contributed by atoms with Crippen molar-refractivity contribution in [2.75, 3.05) is 0 Å². The van der Waals surface area contributed by atoms with Crippen LogP contribution in [0, 0.1) is 0 Å². The van der Waals surface area contributed by atoms with E-state index in [1.54, 1.807) is 12.1 Å². The monoisotopic (exact) mass is 272 g/mol. The highest BCUT2D eigenvalue weighted by Crippen LogP contribution is 2.20. The second-order valence-electron chi connectivity index (χ2n) is 4.27. The number of rotatable bonds is 2. The Labute approximate surface area is 111 Å². The van der Waals surface area contributed by atoms with Crippen molar-refractivity contribution in [2.45, 2.75) is 38.1 Å². The molecule has 1 aromatic rings. The van der Waals surface area contributed by atoms with Crippen molar-refractivity contribution in [3.8, 4) is 0 Å². The van der Waals surface area contributed by atoms with Crippen molar-refractivity contribution in [3.63, 3.8) is 0 Å². The van der Waals surface area contributed by atoms with E-state index >= 15 is 0 Å². The van der Waals surface area contributed by atoms with E-state index in [2.05, 4.69) is 10.3 Å². The SMILES string of the molecule is O=C(NC1CCCCC1)c1nc(Cl)ccc1Cl. The fourth-order valence-electron chi connectivity index (χ4n) is 2.08. The molecular weight excluding hydrogens is 259 g/mol. The lowest BCUT2D eigenvalue weighted by molar-refractivity contribution is 0.0923. The van der Waals surface area contributed by atoms with Gasteiger partial charge in [0.15, 0.2) is 0 Å². The molecular formula is C12H14Cl2N2O. The molecule has 2 rings (SSSR count). The van der Waals surface area contributed by atoms with Crippen LogP contribution in [0.2, 0.25) is 10.2 Å². The van der Waals surface area contributed by atoms with Crippen LogP contribution in [0.1, 0.15) is 42.6 Å². The molecule has 1 heterocycles. The normalized spacial score (nSPS) is 16.8. The van der Waals surface area contributed by atoms with Crippen LogP contribution >= 0.6 is 23.2 Å². The summed E-state index contributed by atoms with van der Waals surface area (Å²) >= 11 is 11.7. The van der Waals surface area contributed by atoms with Gasteiger partial charge in [-0.1, -0.05) is 42.5 Å². The van der Waals surface area contributed by atoms with Crippen molar-refractivity contribution in [1.82, 2.24) is 10.3 Å². The minimum Gasteiger partial charge on any atom is -0.348 e. The van der Waals surface area contributed by atoms with Gasteiger partial charge in [-0.15, -0.1) is 0 Å². The molecule has 0 unspecified atom stereocenters. The van der Waals surface area contributed by atoms with Crippen molar-refractivity contribution in [1.29, 1.82) is 0 Å². The molecule has 17 heavy (non-hydrogen) atoms. The number of carbonyl (C=O) groups is 1. The Balaban J connectivity index is 2.05. The minimum absolute atomic E-state index is 0.213. The van der Waals surface area contributed by atoms with Crippen LogP contribution in [0.5, 0.6) is 0 Å². The summed E-state index contributed by atoms with van der Waals surface area (Å²) in [5.74, 6) is -0.232. The molecule has 1 aromatic heterocycles. The highest BCUT2D eigenvalue weighted by atomic mass is 35.5. The molecule has 0 bridgehead atoms. The molecule has 0 atom stereocenters. The van der Waals surface area contributed by atoms with Crippen LogP contribution < -0.4 is 5.32 Å². The van der Waals surface area contributed by atoms with Gasteiger partial charge in [-0.2, -0.15) is 0 Å². The zero-order chi connectivity index (χ0) is 12.3. The Bertz CT molecular complexity index is 417. The fourth-order valence-corrected chi connectivity index (χ4v) is 2.42. The number of nitrogens with one attached hydrogen (secondary N) is 1. The van der Waals surface area contributed by atoms with Gasteiger partial charge in [-0.25, -0.2) is 4.98 Å². The Kier molecular flexibility index (Phi) is 4.24. The Hall–Kier alpha value is -0.800. The molecule has 1 amide bonds. The predicted molar refractivity (Wildman–Crippen MR) is 68.6 cm³/mol. The minimum atomic E-state index is -0.232. The zero-order valence-electron chi connectivity index (χ0n) is 9.38. The van der Waals surface area contributed by atoms with Gasteiger partial charge in [0, 0.05) is 6.04 Å². The maximum absolute atomic E-state index is 12.0. The first-order chi connectivity index (χ1) is 8.16. The van der Waals surface area contributed by atoms with Gasteiger partial charge in [0.05, 0.1) is 5.02 Å². The first-order valence-electron chi connectivity index (χ1n) is 5.80. The Morgan fingerprint density at radius 1 is 1.24 bits per heavy atom. The predicted octanol–water partition coefficient (Wildman–Crippen LogP) is 3.45. The standard InChI is InChI=1S/C12H14Cl2N2O/c13-9-6-7-10(14)16-11(9)12(17)15-8-4-2-1-3-5-8/h6-8H,1-5H2,(H,15,17). The third-order valence-corrected chi connectivity index (χ3v) is 3.48. The van der Waals surface area contributed by atoms with Gasteiger partial charge in [0.2, 0.25) is 0 Å². The molecule has 0 saturated heterocycles. The summed E-state index contributed by atoms with van der Waals surface area (Å²) in [5.41, 5.74) is 0.213. The summed E-state index contributed by atoms with van der Waals surface area (Å²) in [6, 6.07) is 3.40. The molecule has 5 heteroatoms. The summed E-state index contributed by atoms with van der Waals surface area (Å²) < 4.78 is 0. The largest absolute Gasteiger partial charge is 0.348 e. The molecule has 1 aliphatic rings. The van der Waals surface area contributed by atoms with E-state index in [0.29, 0.717) is 5.02 Å². The van der Waals surface area contributed by atoms with E-state index < -0.39 is 0 Å². The van der Waals surface area contributed by atoms with E-state index in [0.717, 1.165) is 12.8 Å². The molecule has 1 fully saturated rings. The molecule has 92 valence electrons. The topological polar surface area (TPSA) is 42.0 Å². The molecule has 3 nitrogen and oxygen atoms in total. The Morgan fingerprint density at radius 3 is 2.65 bits per heavy atom. The summed E-state index contributed by atoms with van der Waals surface area (Å²) in [6.45, 7) is 0. The van der Waals surface area contributed by atoms with Crippen LogP contribution in [0.4, 0.5) is 0 Å². The van der Waals surface area contributed by atoms with Crippen molar-refractivity contribution < 1.29 is 4.79 Å². The lowest BCUT2D eigenvalue weighted by Crippen LogP contribution is -2.36. The summed E-state index contributed by atoms with van der Waals surface area (Å²) in [6.07, 6.45) is 5.65. The van der Waals surface area contributed by atoms with E-state index in [1.165, 1.54) is 19.3 Å². The van der Waals surface area contributed by atoms with Gasteiger partial charge in [-0.3, -0.25) is 4.79 Å². The average Bonchev–Trinajstić information content (AvgIpc) is 2.33. The third-order valence-electron chi connectivity index (χ3n) is 2.97. The molecule has 1 aliphatic carbocycles. The van der Waals surface area contributed by atoms with Crippen molar-refractivity contribution in [2.24, 2.45) is 0 Å². The molecule has 0 aliphatic heterocycles. The second kappa shape index (κ2) is 5.69. The smallest absolute Gasteiger partial charge is 0.271 e. The number of nitrogens with zero attached hydrogens (tertiary/aromatic N) is 1. The quantitative estimate of drug-likeness (QED) is 0.838. The third kappa shape index (κ3) is 3.33. The van der Waals surface area contributed by atoms with Crippen LogP contribution in [-0.2, 0) is 0 Å². The Morgan fingerprint density at radius 2 is 1.94 bits per heavy atom. The van der Waals surface area contributed by atoms with Gasteiger partial charge in [0.25, 0.3) is 5.91 Å². The summed E-state index contributed by atoms with van der Waals surface area (Å²) in [7, 11) is 0. The van der Waals surface area contributed by atoms with Gasteiger partial charge >= 0.3 is 0 Å². The molecule has 1 N–H and O–H groups in total. The maximum Gasteiger partial charge on any atom is 0.271 e. The first kappa shape index (κ1) is 12.7. The van der Waals surface area contributed by atoms with Crippen LogP contribution in [0.25, 0.3) is 0 Å². The first-order valence-corrected chi connectivity index (χ1v) is 6.55. The number of pyridine rings is 1. The highest BCUT2D eigenvalue weighted by molar-refractivity contribution is 6.34. The number of hydrogen-bond donors (Lipinski definition) is 1. The van der Waals surface area contributed by atoms with Gasteiger partial charge in [0.1, 0.15) is 10.8 Å². The number of carbonyl (C=O) groups excluding carboxylic acids is 1. The van der Waals surface area contributed by atoms with Crippen molar-refractivity contribution in [3.05, 3.63) is 28.0 Å². The molecule has 0 aromatic carbocycles. The fraction of sp³-hybridized carbons (Fsp3) is 0.500. The average molecular weight is 273 g/mol. The summed E-state index contributed by atoms with van der Waals surface area (Å²) in [5, 5.41) is 3.58. The maximum atomic E-state index is 12.0. The molecule has 0 radical (unpaired) electrons. The van der Waals surface area contributed by atoms with E-state index in [9.17, 15) is 4.79 Å². The van der Waals surface area contributed by atoms with Gasteiger partial charge in [-0.05, 0) is 25.0 Å². The number of aromatic nitrogens is 1. The molecule has 0 spiro atoms. The van der Waals surface area contributed by atoms with E-state index in [-0.39, 0.29) is 22.8 Å². The van der Waals surface area contributed by atoms with Gasteiger partial charge < -0.3 is 5.32 Å². The van der Waals surface area contributed by atoms with Crippen LogP contribution in [-0.4, -0.2) is 16.9 Å². The van der Waals surface area contributed by atoms with Crippen molar-refractivity contribution >= 4 is 29.1 Å². The van der Waals surface area contributed by atoms with E-state index in [4.69, 9.17) is 23.2 Å².